The summed E-state index contributed by atoms with van der Waals surface area (Å²) in [6.07, 6.45) is 0.240. The van der Waals surface area contributed by atoms with Crippen LogP contribution >= 0.6 is 0 Å². The van der Waals surface area contributed by atoms with Crippen molar-refractivity contribution in [3.63, 3.8) is 0 Å². The standard InChI is InChI=1S/C14H20N6O5/c1-14(2,3)25-13(24)17-7(4-8(21)22)5-20-6-16-9-10(20)18-12(15)19-11(9)23/h6-7H,4-5H2,1-3H3,(H,17,24)(H,21,22)(H3,15,18,19,23)/t7-/m0/s1. The maximum Gasteiger partial charge on any atom is 0.407 e. The SMILES string of the molecule is CC(C)(C)OC(=O)N[C@@H](CC(=O)O)Cn1cnc2c(=O)[nH]c(N)nc21. The van der Waals surface area contributed by atoms with Crippen molar-refractivity contribution in [3.8, 4) is 0 Å². The van der Waals surface area contributed by atoms with Gasteiger partial charge < -0.3 is 25.5 Å². The van der Waals surface area contributed by atoms with Gasteiger partial charge in [-0.15, -0.1) is 0 Å². The van der Waals surface area contributed by atoms with E-state index in [2.05, 4.69) is 20.3 Å². The zero-order valence-corrected chi connectivity index (χ0v) is 14.1. The van der Waals surface area contributed by atoms with Crippen LogP contribution in [0.5, 0.6) is 0 Å². The highest BCUT2D eigenvalue weighted by Gasteiger charge is 2.22. The average molecular weight is 352 g/mol. The Hall–Kier alpha value is -3.11. The highest BCUT2D eigenvalue weighted by atomic mass is 16.6. The average Bonchev–Trinajstić information content (AvgIpc) is 2.78. The molecule has 0 spiro atoms. The number of aromatic nitrogens is 4. The van der Waals surface area contributed by atoms with E-state index in [-0.39, 0.29) is 30.1 Å². The second kappa shape index (κ2) is 6.79. The van der Waals surface area contributed by atoms with Gasteiger partial charge in [-0.2, -0.15) is 4.98 Å². The lowest BCUT2D eigenvalue weighted by Gasteiger charge is -2.23. The van der Waals surface area contributed by atoms with Crippen molar-refractivity contribution in [1.29, 1.82) is 0 Å². The first-order chi connectivity index (χ1) is 11.5. The van der Waals surface area contributed by atoms with Crippen molar-refractivity contribution in [2.24, 2.45) is 0 Å². The van der Waals surface area contributed by atoms with E-state index in [4.69, 9.17) is 15.6 Å². The molecule has 136 valence electrons. The number of amides is 1. The van der Waals surface area contributed by atoms with Gasteiger partial charge in [0.2, 0.25) is 5.95 Å². The normalized spacial score (nSPS) is 12.8. The number of nitrogens with two attached hydrogens (primary N) is 1. The number of anilines is 1. The fourth-order valence-electron chi connectivity index (χ4n) is 2.19. The van der Waals surface area contributed by atoms with Gasteiger partial charge >= 0.3 is 12.1 Å². The third kappa shape index (κ3) is 4.93. The molecule has 0 radical (unpaired) electrons. The molecule has 1 amide bonds. The molecule has 25 heavy (non-hydrogen) atoms. The number of aromatic amines is 1. The van der Waals surface area contributed by atoms with Crippen molar-refractivity contribution >= 4 is 29.2 Å². The number of hydrogen-bond donors (Lipinski definition) is 4. The van der Waals surface area contributed by atoms with Crippen LogP contribution in [0.2, 0.25) is 0 Å². The molecule has 0 saturated heterocycles. The first-order valence-electron chi connectivity index (χ1n) is 7.47. The van der Waals surface area contributed by atoms with E-state index in [1.807, 2.05) is 0 Å². The van der Waals surface area contributed by atoms with Gasteiger partial charge in [0.05, 0.1) is 18.8 Å². The molecule has 0 saturated carbocycles. The Kier molecular flexibility index (Phi) is 4.95. The zero-order chi connectivity index (χ0) is 18.8. The molecular formula is C14H20N6O5. The lowest BCUT2D eigenvalue weighted by molar-refractivity contribution is -0.137. The summed E-state index contributed by atoms with van der Waals surface area (Å²) in [5.74, 6) is -1.19. The van der Waals surface area contributed by atoms with E-state index in [1.165, 1.54) is 10.9 Å². The van der Waals surface area contributed by atoms with Gasteiger partial charge in [-0.1, -0.05) is 0 Å². The van der Waals surface area contributed by atoms with Gasteiger partial charge in [0.25, 0.3) is 5.56 Å². The Morgan fingerprint density at radius 2 is 2.16 bits per heavy atom. The number of carbonyl (C=O) groups is 2. The highest BCUT2D eigenvalue weighted by molar-refractivity contribution is 5.72. The fraction of sp³-hybridized carbons (Fsp3) is 0.500. The van der Waals surface area contributed by atoms with Crippen LogP contribution in [0.1, 0.15) is 27.2 Å². The maximum atomic E-state index is 11.9. The monoisotopic (exact) mass is 352 g/mol. The number of carboxylic acid groups (broad SMARTS) is 1. The minimum Gasteiger partial charge on any atom is -0.481 e. The Morgan fingerprint density at radius 3 is 2.76 bits per heavy atom. The number of carboxylic acids is 1. The number of ether oxygens (including phenoxy) is 1. The number of nitrogens with one attached hydrogen (secondary N) is 2. The molecule has 0 aliphatic rings. The minimum absolute atomic E-state index is 0.0257. The molecule has 0 aromatic carbocycles. The van der Waals surface area contributed by atoms with Crippen LogP contribution in [0.15, 0.2) is 11.1 Å². The number of hydrogen-bond acceptors (Lipinski definition) is 7. The van der Waals surface area contributed by atoms with Crippen LogP contribution in [0.3, 0.4) is 0 Å². The summed E-state index contributed by atoms with van der Waals surface area (Å²) in [6.45, 7) is 5.11. The van der Waals surface area contributed by atoms with E-state index in [0.29, 0.717) is 0 Å². The minimum atomic E-state index is -1.10. The molecular weight excluding hydrogens is 332 g/mol. The van der Waals surface area contributed by atoms with E-state index in [1.54, 1.807) is 20.8 Å². The summed E-state index contributed by atoms with van der Waals surface area (Å²) >= 11 is 0. The summed E-state index contributed by atoms with van der Waals surface area (Å²) < 4.78 is 6.59. The number of aliphatic carboxylic acids is 1. The van der Waals surface area contributed by atoms with Crippen molar-refractivity contribution in [3.05, 3.63) is 16.7 Å². The van der Waals surface area contributed by atoms with Gasteiger partial charge in [-0.05, 0) is 20.8 Å². The molecule has 0 fully saturated rings. The quantitative estimate of drug-likeness (QED) is 0.586. The Labute approximate surface area is 142 Å². The van der Waals surface area contributed by atoms with E-state index in [0.717, 1.165) is 0 Å². The number of carbonyl (C=O) groups excluding carboxylic acids is 1. The van der Waals surface area contributed by atoms with Gasteiger partial charge in [0.1, 0.15) is 5.60 Å². The summed E-state index contributed by atoms with van der Waals surface area (Å²) in [4.78, 5) is 45.0. The first kappa shape index (κ1) is 18.2. The summed E-state index contributed by atoms with van der Waals surface area (Å²) in [5, 5.41) is 11.6. The molecule has 11 nitrogen and oxygen atoms in total. The second-order valence-corrected chi connectivity index (χ2v) is 6.46. The van der Waals surface area contributed by atoms with Crippen molar-refractivity contribution in [2.75, 3.05) is 5.73 Å². The lowest BCUT2D eigenvalue weighted by atomic mass is 10.2. The molecule has 0 aliphatic carbocycles. The predicted molar refractivity (Wildman–Crippen MR) is 88.0 cm³/mol. The molecule has 1 atom stereocenters. The van der Waals surface area contributed by atoms with E-state index in [9.17, 15) is 14.4 Å². The second-order valence-electron chi connectivity index (χ2n) is 6.46. The zero-order valence-electron chi connectivity index (χ0n) is 14.1. The van der Waals surface area contributed by atoms with Crippen LogP contribution in [-0.2, 0) is 16.1 Å². The van der Waals surface area contributed by atoms with Gasteiger partial charge in [-0.25, -0.2) is 9.78 Å². The molecule has 2 heterocycles. The molecule has 0 bridgehead atoms. The summed E-state index contributed by atoms with van der Waals surface area (Å²) in [7, 11) is 0. The van der Waals surface area contributed by atoms with Crippen LogP contribution in [0.25, 0.3) is 11.2 Å². The topological polar surface area (TPSA) is 165 Å². The smallest absolute Gasteiger partial charge is 0.407 e. The number of nitrogen functional groups attached to an aromatic ring is 1. The Balaban J connectivity index is 2.24. The molecule has 5 N–H and O–H groups in total. The van der Waals surface area contributed by atoms with E-state index < -0.39 is 29.3 Å². The molecule has 0 aliphatic heterocycles. The number of fused-ring (bicyclic) bond motifs is 1. The molecule has 2 aromatic rings. The third-order valence-electron chi connectivity index (χ3n) is 3.05. The van der Waals surface area contributed by atoms with Crippen LogP contribution in [0.4, 0.5) is 10.7 Å². The molecule has 0 unspecified atom stereocenters. The lowest BCUT2D eigenvalue weighted by Crippen LogP contribution is -2.42. The first-order valence-corrected chi connectivity index (χ1v) is 7.47. The Morgan fingerprint density at radius 1 is 1.48 bits per heavy atom. The molecule has 11 heteroatoms. The van der Waals surface area contributed by atoms with Gasteiger partial charge in [-0.3, -0.25) is 14.6 Å². The number of rotatable bonds is 5. The maximum absolute atomic E-state index is 11.9. The number of nitrogens with zero attached hydrogens (tertiary/aromatic N) is 3. The third-order valence-corrected chi connectivity index (χ3v) is 3.05. The van der Waals surface area contributed by atoms with E-state index >= 15 is 0 Å². The predicted octanol–water partition coefficient (Wildman–Crippen LogP) is 0.0698. The van der Waals surface area contributed by atoms with Crippen molar-refractivity contribution in [1.82, 2.24) is 24.8 Å². The summed E-state index contributed by atoms with van der Waals surface area (Å²) in [6, 6.07) is -0.799. The summed E-state index contributed by atoms with van der Waals surface area (Å²) in [5.41, 5.74) is 4.57. The van der Waals surface area contributed by atoms with Crippen LogP contribution in [0, 0.1) is 0 Å². The number of imidazole rings is 1. The molecule has 2 aromatic heterocycles. The van der Waals surface area contributed by atoms with Gasteiger partial charge in [0.15, 0.2) is 11.2 Å². The number of alkyl carbamates (subject to hydrolysis) is 1. The largest absolute Gasteiger partial charge is 0.481 e. The van der Waals surface area contributed by atoms with Crippen LogP contribution in [-0.4, -0.2) is 48.3 Å². The van der Waals surface area contributed by atoms with Gasteiger partial charge in [0, 0.05) is 6.54 Å². The van der Waals surface area contributed by atoms with Crippen LogP contribution < -0.4 is 16.6 Å². The molecule has 2 rings (SSSR count). The number of H-pyrrole nitrogens is 1. The van der Waals surface area contributed by atoms with Crippen molar-refractivity contribution < 1.29 is 19.4 Å². The highest BCUT2D eigenvalue weighted by Crippen LogP contribution is 2.10. The van der Waals surface area contributed by atoms with Crippen molar-refractivity contribution in [2.45, 2.75) is 45.4 Å². The fourth-order valence-corrected chi connectivity index (χ4v) is 2.19. The Bertz CT molecular complexity index is 849.